The van der Waals surface area contributed by atoms with Gasteiger partial charge in [-0.3, -0.25) is 0 Å². The first-order valence-electron chi connectivity index (χ1n) is 6.29. The molecular weight excluding hydrogens is 361 g/mol. The first-order chi connectivity index (χ1) is 9.85. The molecule has 5 nitrogen and oxygen atoms in total. The van der Waals surface area contributed by atoms with Crippen LogP contribution in [-0.2, 0) is 10.0 Å². The normalized spacial score (nSPS) is 11.8. The molecule has 21 heavy (non-hydrogen) atoms. The van der Waals surface area contributed by atoms with Crippen LogP contribution in [0.15, 0.2) is 28.7 Å². The molecule has 0 radical (unpaired) electrons. The maximum atomic E-state index is 13.5. The maximum absolute atomic E-state index is 13.5. The van der Waals surface area contributed by atoms with E-state index in [0.29, 0.717) is 35.3 Å². The Hall–Kier alpha value is -1.25. The van der Waals surface area contributed by atoms with Gasteiger partial charge in [0.05, 0.1) is 16.2 Å². The van der Waals surface area contributed by atoms with Crippen molar-refractivity contribution < 1.29 is 12.8 Å². The number of halogens is 2. The number of nitrogens with one attached hydrogen (secondary N) is 2. The summed E-state index contributed by atoms with van der Waals surface area (Å²) in [6.45, 7) is 0.932. The van der Waals surface area contributed by atoms with E-state index in [1.165, 1.54) is 6.07 Å². The summed E-state index contributed by atoms with van der Waals surface area (Å²) < 4.78 is 38.1. The number of hydrogen-bond acceptors (Lipinski definition) is 4. The third kappa shape index (κ3) is 4.90. The molecule has 0 bridgehead atoms. The maximum Gasteiger partial charge on any atom is 0.208 e. The van der Waals surface area contributed by atoms with Gasteiger partial charge in [-0.15, -0.1) is 0 Å². The Morgan fingerprint density at radius 3 is 2.76 bits per heavy atom. The minimum Gasteiger partial charge on any atom is -0.370 e. The van der Waals surface area contributed by atoms with E-state index in [9.17, 15) is 12.8 Å². The van der Waals surface area contributed by atoms with Crippen molar-refractivity contribution in [1.82, 2.24) is 9.71 Å². The van der Waals surface area contributed by atoms with Crippen molar-refractivity contribution in [2.24, 2.45) is 0 Å². The van der Waals surface area contributed by atoms with Crippen molar-refractivity contribution in [3.63, 3.8) is 0 Å². The Labute approximate surface area is 131 Å². The molecule has 2 rings (SSSR count). The van der Waals surface area contributed by atoms with Crippen LogP contribution in [0.2, 0.25) is 0 Å². The summed E-state index contributed by atoms with van der Waals surface area (Å²) in [6.07, 6.45) is 1.75. The number of aromatic nitrogens is 1. The Balaban J connectivity index is 1.95. The van der Waals surface area contributed by atoms with Crippen molar-refractivity contribution in [2.45, 2.75) is 6.42 Å². The van der Waals surface area contributed by atoms with Gasteiger partial charge in [0.2, 0.25) is 10.0 Å². The predicted molar refractivity (Wildman–Crippen MR) is 85.4 cm³/mol. The number of rotatable bonds is 6. The summed E-state index contributed by atoms with van der Waals surface area (Å²) in [7, 11) is -3.15. The molecule has 8 heteroatoms. The number of nitrogens with zero attached hydrogens (tertiary/aromatic N) is 1. The van der Waals surface area contributed by atoms with Crippen molar-refractivity contribution in [1.29, 1.82) is 0 Å². The van der Waals surface area contributed by atoms with Crippen molar-refractivity contribution >= 4 is 42.7 Å². The first-order valence-corrected chi connectivity index (χ1v) is 8.98. The van der Waals surface area contributed by atoms with Crippen molar-refractivity contribution in [3.8, 4) is 0 Å². The lowest BCUT2D eigenvalue weighted by Crippen LogP contribution is -2.24. The Kier molecular flexibility index (Phi) is 5.13. The molecule has 1 aromatic heterocycles. The van der Waals surface area contributed by atoms with Crippen LogP contribution in [0.1, 0.15) is 6.42 Å². The summed E-state index contributed by atoms with van der Waals surface area (Å²) in [5.74, 6) is 0.271. The second-order valence-electron chi connectivity index (χ2n) is 4.60. The summed E-state index contributed by atoms with van der Waals surface area (Å²) in [6, 6.07) is 6.70. The average molecular weight is 376 g/mol. The van der Waals surface area contributed by atoms with E-state index in [1.807, 2.05) is 6.07 Å². The minimum absolute atomic E-state index is 0.357. The van der Waals surface area contributed by atoms with Crippen molar-refractivity contribution in [2.75, 3.05) is 24.7 Å². The molecule has 2 N–H and O–H groups in total. The van der Waals surface area contributed by atoms with E-state index in [-0.39, 0.29) is 5.82 Å². The summed E-state index contributed by atoms with van der Waals surface area (Å²) >= 11 is 3.14. The zero-order valence-corrected chi connectivity index (χ0v) is 13.8. The molecule has 2 aromatic rings. The lowest BCUT2D eigenvalue weighted by molar-refractivity contribution is 0.586. The Morgan fingerprint density at radius 2 is 2.05 bits per heavy atom. The van der Waals surface area contributed by atoms with Gasteiger partial charge in [0.25, 0.3) is 0 Å². The van der Waals surface area contributed by atoms with Crippen LogP contribution in [0, 0.1) is 5.82 Å². The van der Waals surface area contributed by atoms with Gasteiger partial charge in [-0.25, -0.2) is 22.5 Å². The van der Waals surface area contributed by atoms with Crippen LogP contribution in [0.25, 0.3) is 10.9 Å². The van der Waals surface area contributed by atoms with Gasteiger partial charge in [-0.05, 0) is 40.5 Å². The summed E-state index contributed by atoms with van der Waals surface area (Å²) in [5.41, 5.74) is 0.565. The molecule has 0 aliphatic rings. The highest BCUT2D eigenvalue weighted by Crippen LogP contribution is 2.23. The fourth-order valence-electron chi connectivity index (χ4n) is 1.78. The molecule has 1 aromatic carbocycles. The summed E-state index contributed by atoms with van der Waals surface area (Å²) in [4.78, 5) is 4.31. The van der Waals surface area contributed by atoms with Crippen LogP contribution in [0.3, 0.4) is 0 Å². The van der Waals surface area contributed by atoms with Crippen LogP contribution in [0.5, 0.6) is 0 Å². The van der Waals surface area contributed by atoms with Crippen LogP contribution in [0.4, 0.5) is 10.2 Å². The molecule has 0 spiro atoms. The second kappa shape index (κ2) is 6.67. The molecule has 0 saturated heterocycles. The van der Waals surface area contributed by atoms with Crippen LogP contribution in [-0.4, -0.2) is 32.7 Å². The van der Waals surface area contributed by atoms with E-state index in [2.05, 4.69) is 31.0 Å². The SMILES string of the molecule is CS(=O)(=O)NCCCNc1ccc2cc(Br)c(F)cc2n1. The Morgan fingerprint density at radius 1 is 1.29 bits per heavy atom. The quantitative estimate of drug-likeness (QED) is 0.760. The summed E-state index contributed by atoms with van der Waals surface area (Å²) in [5, 5.41) is 3.92. The number of pyridine rings is 1. The van der Waals surface area contributed by atoms with Gasteiger partial charge in [0.1, 0.15) is 11.6 Å². The molecule has 0 amide bonds. The number of fused-ring (bicyclic) bond motifs is 1. The number of hydrogen-bond donors (Lipinski definition) is 2. The van der Waals surface area contributed by atoms with E-state index < -0.39 is 10.0 Å². The molecule has 114 valence electrons. The fraction of sp³-hybridized carbons (Fsp3) is 0.308. The zero-order valence-electron chi connectivity index (χ0n) is 11.4. The largest absolute Gasteiger partial charge is 0.370 e. The van der Waals surface area contributed by atoms with Gasteiger partial charge < -0.3 is 5.32 Å². The third-order valence-electron chi connectivity index (χ3n) is 2.76. The lowest BCUT2D eigenvalue weighted by Gasteiger charge is -2.07. The van der Waals surface area contributed by atoms with E-state index in [4.69, 9.17) is 0 Å². The topological polar surface area (TPSA) is 71.1 Å². The van der Waals surface area contributed by atoms with Gasteiger partial charge in [0, 0.05) is 24.5 Å². The lowest BCUT2D eigenvalue weighted by atomic mass is 10.2. The molecule has 0 aliphatic heterocycles. The predicted octanol–water partition coefficient (Wildman–Crippen LogP) is 2.49. The third-order valence-corrected chi connectivity index (χ3v) is 4.09. The molecule has 0 unspecified atom stereocenters. The van der Waals surface area contributed by atoms with Crippen LogP contribution >= 0.6 is 15.9 Å². The van der Waals surface area contributed by atoms with Crippen molar-refractivity contribution in [3.05, 3.63) is 34.6 Å². The molecular formula is C13H15BrFN3O2S. The number of benzene rings is 1. The van der Waals surface area contributed by atoms with E-state index >= 15 is 0 Å². The molecule has 0 saturated carbocycles. The average Bonchev–Trinajstić information content (AvgIpc) is 2.38. The van der Waals surface area contributed by atoms with Gasteiger partial charge >= 0.3 is 0 Å². The van der Waals surface area contributed by atoms with E-state index in [1.54, 1.807) is 12.1 Å². The molecule has 0 aliphatic carbocycles. The van der Waals surface area contributed by atoms with Gasteiger partial charge in [0.15, 0.2) is 0 Å². The van der Waals surface area contributed by atoms with E-state index in [0.717, 1.165) is 11.6 Å². The smallest absolute Gasteiger partial charge is 0.208 e. The Bertz CT molecular complexity index is 752. The minimum atomic E-state index is -3.15. The number of sulfonamides is 1. The van der Waals surface area contributed by atoms with Crippen LogP contribution < -0.4 is 10.0 Å². The second-order valence-corrected chi connectivity index (χ2v) is 7.29. The zero-order chi connectivity index (χ0) is 15.5. The fourth-order valence-corrected chi connectivity index (χ4v) is 2.65. The highest BCUT2D eigenvalue weighted by atomic mass is 79.9. The monoisotopic (exact) mass is 375 g/mol. The molecule has 0 atom stereocenters. The number of anilines is 1. The highest BCUT2D eigenvalue weighted by molar-refractivity contribution is 9.10. The first kappa shape index (κ1) is 16.1. The standard InChI is InChI=1S/C13H15BrFN3O2S/c1-21(19,20)17-6-2-5-16-13-4-3-9-7-10(14)11(15)8-12(9)18-13/h3-4,7-8,17H,2,5-6H2,1H3,(H,16,18). The molecule has 1 heterocycles. The van der Waals surface area contributed by atoms with Gasteiger partial charge in [-0.1, -0.05) is 0 Å². The highest BCUT2D eigenvalue weighted by Gasteiger charge is 2.04. The van der Waals surface area contributed by atoms with Gasteiger partial charge in [-0.2, -0.15) is 0 Å². The molecule has 0 fully saturated rings.